The van der Waals surface area contributed by atoms with Crippen molar-refractivity contribution in [3.05, 3.63) is 63.7 Å². The van der Waals surface area contributed by atoms with Crippen LogP contribution < -0.4 is 11.5 Å². The van der Waals surface area contributed by atoms with E-state index < -0.39 is 29.5 Å². The number of guanidine groups is 1. The van der Waals surface area contributed by atoms with Gasteiger partial charge in [-0.25, -0.2) is 0 Å². The fourth-order valence-electron chi connectivity index (χ4n) is 3.83. The van der Waals surface area contributed by atoms with Crippen molar-refractivity contribution in [2.45, 2.75) is 29.8 Å². The maximum Gasteiger partial charge on any atom is 0.416 e. The number of carbonyl (C=O) groups excluding carboxylic acids is 2. The van der Waals surface area contributed by atoms with Crippen LogP contribution in [0.15, 0.2) is 46.3 Å². The van der Waals surface area contributed by atoms with Crippen LogP contribution in [0, 0.1) is 0 Å². The fraction of sp³-hybridized carbons (Fsp3) is 0.318. The lowest BCUT2D eigenvalue weighted by molar-refractivity contribution is -0.138. The van der Waals surface area contributed by atoms with E-state index in [0.29, 0.717) is 23.4 Å². The summed E-state index contributed by atoms with van der Waals surface area (Å²) in [5.41, 5.74) is 9.59. The smallest absolute Gasteiger partial charge is 0.370 e. The van der Waals surface area contributed by atoms with E-state index in [2.05, 4.69) is 4.99 Å². The molecule has 0 radical (unpaired) electrons. The molecule has 0 atom stereocenters. The molecule has 1 saturated heterocycles. The average molecular weight is 499 g/mol. The van der Waals surface area contributed by atoms with Gasteiger partial charge in [-0.1, -0.05) is 17.7 Å². The molecule has 1 fully saturated rings. The van der Waals surface area contributed by atoms with Crippen molar-refractivity contribution in [2.24, 2.45) is 16.5 Å². The predicted octanol–water partition coefficient (Wildman–Crippen LogP) is 4.51. The summed E-state index contributed by atoms with van der Waals surface area (Å²) in [6.07, 6.45) is -2.08. The quantitative estimate of drug-likeness (QED) is 0.367. The molecule has 2 amide bonds. The minimum Gasteiger partial charge on any atom is -0.370 e. The second-order valence-electron chi connectivity index (χ2n) is 7.55. The topological polar surface area (TPSA) is 102 Å². The standard InChI is InChI=1S/C22H22ClF3N4O2S/c1-33-14-3-5-16(18(23)11-14)20(32)30-8-6-12(7-9-30)15-4-2-13(19(31)29-21(27)28)10-17(15)22(24,25)26/h2-5,10-12H,6-9H2,1H3,(H4,27,28,29,31). The van der Waals surface area contributed by atoms with Crippen molar-refractivity contribution in [1.29, 1.82) is 0 Å². The van der Waals surface area contributed by atoms with E-state index in [-0.39, 0.29) is 30.1 Å². The highest BCUT2D eigenvalue weighted by molar-refractivity contribution is 7.98. The zero-order valence-corrected chi connectivity index (χ0v) is 19.2. The zero-order chi connectivity index (χ0) is 24.3. The Hall–Kier alpha value is -2.72. The molecular weight excluding hydrogens is 477 g/mol. The van der Waals surface area contributed by atoms with Crippen LogP contribution in [-0.2, 0) is 6.18 Å². The Bertz CT molecular complexity index is 1100. The summed E-state index contributed by atoms with van der Waals surface area (Å²) >= 11 is 7.76. The zero-order valence-electron chi connectivity index (χ0n) is 17.7. The first-order valence-corrected chi connectivity index (χ1v) is 11.6. The monoisotopic (exact) mass is 498 g/mol. The Morgan fingerprint density at radius 1 is 1.12 bits per heavy atom. The molecule has 2 aromatic carbocycles. The van der Waals surface area contributed by atoms with Gasteiger partial charge in [0.1, 0.15) is 0 Å². The number of hydrogen-bond donors (Lipinski definition) is 2. The largest absolute Gasteiger partial charge is 0.416 e. The minimum absolute atomic E-state index is 0.0817. The Morgan fingerprint density at radius 2 is 1.79 bits per heavy atom. The maximum atomic E-state index is 13.8. The van der Waals surface area contributed by atoms with Gasteiger partial charge in [0, 0.05) is 23.5 Å². The summed E-state index contributed by atoms with van der Waals surface area (Å²) in [4.78, 5) is 30.7. The lowest BCUT2D eigenvalue weighted by Crippen LogP contribution is -2.38. The first kappa shape index (κ1) is 24.9. The van der Waals surface area contributed by atoms with Crippen molar-refractivity contribution >= 4 is 41.1 Å². The highest BCUT2D eigenvalue weighted by Crippen LogP contribution is 2.39. The summed E-state index contributed by atoms with van der Waals surface area (Å²) in [5.74, 6) is -2.15. The second kappa shape index (κ2) is 10.0. The Labute approximate surface area is 198 Å². The molecular formula is C22H22ClF3N4O2S. The van der Waals surface area contributed by atoms with Gasteiger partial charge in [-0.3, -0.25) is 9.59 Å². The van der Waals surface area contributed by atoms with E-state index in [1.807, 2.05) is 6.26 Å². The van der Waals surface area contributed by atoms with Gasteiger partial charge in [-0.15, -0.1) is 11.8 Å². The predicted molar refractivity (Wildman–Crippen MR) is 123 cm³/mol. The molecule has 1 aliphatic rings. The number of thioether (sulfide) groups is 1. The summed E-state index contributed by atoms with van der Waals surface area (Å²) in [6, 6.07) is 8.53. The van der Waals surface area contributed by atoms with Gasteiger partial charge in [0.15, 0.2) is 5.96 Å². The number of aliphatic imine (C=N–C) groups is 1. The number of rotatable bonds is 4. The van der Waals surface area contributed by atoms with E-state index in [0.717, 1.165) is 11.0 Å². The molecule has 1 aliphatic heterocycles. The molecule has 4 N–H and O–H groups in total. The second-order valence-corrected chi connectivity index (χ2v) is 8.84. The van der Waals surface area contributed by atoms with Gasteiger partial charge in [-0.05, 0) is 60.9 Å². The number of likely N-dealkylation sites (tertiary alicyclic amines) is 1. The summed E-state index contributed by atoms with van der Waals surface area (Å²) in [6.45, 7) is 0.576. The van der Waals surface area contributed by atoms with Crippen LogP contribution in [0.2, 0.25) is 5.02 Å². The number of alkyl halides is 3. The van der Waals surface area contributed by atoms with Crippen LogP contribution in [-0.4, -0.2) is 42.0 Å². The van der Waals surface area contributed by atoms with Crippen LogP contribution in [0.1, 0.15) is 50.6 Å². The van der Waals surface area contributed by atoms with Gasteiger partial charge in [-0.2, -0.15) is 18.2 Å². The van der Waals surface area contributed by atoms with E-state index >= 15 is 0 Å². The molecule has 3 rings (SSSR count). The molecule has 0 aliphatic carbocycles. The average Bonchev–Trinajstić information content (AvgIpc) is 2.77. The number of carbonyl (C=O) groups is 2. The molecule has 176 valence electrons. The summed E-state index contributed by atoms with van der Waals surface area (Å²) in [7, 11) is 0. The number of piperidine rings is 1. The molecule has 2 aromatic rings. The molecule has 6 nitrogen and oxygen atoms in total. The van der Waals surface area contributed by atoms with E-state index in [4.69, 9.17) is 23.1 Å². The summed E-state index contributed by atoms with van der Waals surface area (Å²) < 4.78 is 41.3. The van der Waals surface area contributed by atoms with Gasteiger partial charge < -0.3 is 16.4 Å². The van der Waals surface area contributed by atoms with Crippen LogP contribution in [0.5, 0.6) is 0 Å². The maximum absolute atomic E-state index is 13.8. The number of nitrogens with two attached hydrogens (primary N) is 2. The number of halogens is 4. The van der Waals surface area contributed by atoms with Crippen LogP contribution in [0.3, 0.4) is 0 Å². The molecule has 1 heterocycles. The minimum atomic E-state index is -4.66. The van der Waals surface area contributed by atoms with Crippen molar-refractivity contribution < 1.29 is 22.8 Å². The molecule has 0 aromatic heterocycles. The highest BCUT2D eigenvalue weighted by Gasteiger charge is 2.37. The number of nitrogens with zero attached hydrogens (tertiary/aromatic N) is 2. The van der Waals surface area contributed by atoms with E-state index in [1.165, 1.54) is 23.9 Å². The van der Waals surface area contributed by atoms with Crippen LogP contribution >= 0.6 is 23.4 Å². The molecule has 0 unspecified atom stereocenters. The lowest BCUT2D eigenvalue weighted by atomic mass is 9.85. The lowest BCUT2D eigenvalue weighted by Gasteiger charge is -2.33. The van der Waals surface area contributed by atoms with Gasteiger partial charge >= 0.3 is 6.18 Å². The molecule has 0 saturated carbocycles. The van der Waals surface area contributed by atoms with E-state index in [1.54, 1.807) is 23.1 Å². The summed E-state index contributed by atoms with van der Waals surface area (Å²) in [5, 5.41) is 0.342. The van der Waals surface area contributed by atoms with Gasteiger partial charge in [0.2, 0.25) is 0 Å². The Balaban J connectivity index is 1.79. The number of benzene rings is 2. The SMILES string of the molecule is CSc1ccc(C(=O)N2CCC(c3ccc(C(=O)N=C(N)N)cc3C(F)(F)F)CC2)c(Cl)c1. The third kappa shape index (κ3) is 5.80. The normalized spacial score (nSPS) is 14.8. The third-order valence-corrected chi connectivity index (χ3v) is 6.50. The molecule has 33 heavy (non-hydrogen) atoms. The fourth-order valence-corrected chi connectivity index (χ4v) is 4.60. The van der Waals surface area contributed by atoms with Crippen molar-refractivity contribution in [1.82, 2.24) is 4.90 Å². The third-order valence-electron chi connectivity index (χ3n) is 5.46. The van der Waals surface area contributed by atoms with Crippen LogP contribution in [0.4, 0.5) is 13.2 Å². The number of hydrogen-bond acceptors (Lipinski definition) is 3. The highest BCUT2D eigenvalue weighted by atomic mass is 35.5. The molecule has 11 heteroatoms. The first-order chi connectivity index (χ1) is 15.5. The Kier molecular flexibility index (Phi) is 7.58. The first-order valence-electron chi connectivity index (χ1n) is 9.99. The van der Waals surface area contributed by atoms with Crippen molar-refractivity contribution in [3.63, 3.8) is 0 Å². The van der Waals surface area contributed by atoms with Gasteiger partial charge in [0.25, 0.3) is 11.8 Å². The van der Waals surface area contributed by atoms with Crippen molar-refractivity contribution in [2.75, 3.05) is 19.3 Å². The van der Waals surface area contributed by atoms with E-state index in [9.17, 15) is 22.8 Å². The Morgan fingerprint density at radius 3 is 2.33 bits per heavy atom. The molecule has 0 bridgehead atoms. The van der Waals surface area contributed by atoms with Crippen LogP contribution in [0.25, 0.3) is 0 Å². The molecule has 0 spiro atoms. The van der Waals surface area contributed by atoms with Gasteiger partial charge in [0.05, 0.1) is 16.1 Å². The number of amides is 2. The van der Waals surface area contributed by atoms with Crippen molar-refractivity contribution in [3.8, 4) is 0 Å².